The molecule has 2 heterocycles. The van der Waals surface area contributed by atoms with Gasteiger partial charge in [0.15, 0.2) is 0 Å². The van der Waals surface area contributed by atoms with Gasteiger partial charge in [-0.1, -0.05) is 27.7 Å². The molecule has 1 aromatic heterocycles. The van der Waals surface area contributed by atoms with Gasteiger partial charge in [-0.3, -0.25) is 15.1 Å². The normalized spacial score (nSPS) is 15.3. The quantitative estimate of drug-likeness (QED) is 0.842. The van der Waals surface area contributed by atoms with Gasteiger partial charge in [0.1, 0.15) is 0 Å². The molecule has 1 aliphatic heterocycles. The molecular formula is C13H22N4. The van der Waals surface area contributed by atoms with Gasteiger partial charge >= 0.3 is 0 Å². The molecular weight excluding hydrogens is 212 g/mol. The van der Waals surface area contributed by atoms with Crippen LogP contribution < -0.4 is 10.7 Å². The number of hydrogen-bond acceptors (Lipinski definition) is 3. The van der Waals surface area contributed by atoms with Crippen molar-refractivity contribution in [1.82, 2.24) is 9.99 Å². The lowest BCUT2D eigenvalue weighted by atomic mass is 10.1. The minimum atomic E-state index is 0.497. The van der Waals surface area contributed by atoms with Crippen LogP contribution in [-0.2, 0) is 0 Å². The summed E-state index contributed by atoms with van der Waals surface area (Å²) in [6.45, 7) is 10.6. The number of hydrogen-bond donors (Lipinski definition) is 2. The van der Waals surface area contributed by atoms with E-state index in [2.05, 4.69) is 60.2 Å². The van der Waals surface area contributed by atoms with Crippen LogP contribution in [0.25, 0.3) is 0 Å². The third kappa shape index (κ3) is 2.46. The minimum absolute atomic E-state index is 0.497. The van der Waals surface area contributed by atoms with E-state index in [1.54, 1.807) is 0 Å². The molecule has 0 radical (unpaired) electrons. The van der Waals surface area contributed by atoms with E-state index in [-0.39, 0.29) is 0 Å². The summed E-state index contributed by atoms with van der Waals surface area (Å²) in [5.41, 5.74) is 5.97. The SMILES string of the molecule is CC(C)c1ccc(C(C)C)n1NC1=NCCN1. The molecule has 2 N–H and O–H groups in total. The zero-order valence-electron chi connectivity index (χ0n) is 11.1. The van der Waals surface area contributed by atoms with Gasteiger partial charge in [-0.15, -0.1) is 0 Å². The molecule has 0 aromatic carbocycles. The molecule has 1 aromatic rings. The van der Waals surface area contributed by atoms with Gasteiger partial charge in [0.05, 0.1) is 6.54 Å². The van der Waals surface area contributed by atoms with Crippen molar-refractivity contribution < 1.29 is 0 Å². The highest BCUT2D eigenvalue weighted by Crippen LogP contribution is 2.22. The number of nitrogens with one attached hydrogen (secondary N) is 2. The van der Waals surface area contributed by atoms with E-state index in [0.29, 0.717) is 11.8 Å². The second kappa shape index (κ2) is 4.82. The Balaban J connectivity index is 2.30. The second-order valence-electron chi connectivity index (χ2n) is 5.10. The number of guanidine groups is 1. The van der Waals surface area contributed by atoms with Crippen molar-refractivity contribution in [3.63, 3.8) is 0 Å². The van der Waals surface area contributed by atoms with Crippen LogP contribution in [0.2, 0.25) is 0 Å². The van der Waals surface area contributed by atoms with Gasteiger partial charge in [0.2, 0.25) is 5.96 Å². The van der Waals surface area contributed by atoms with E-state index < -0.39 is 0 Å². The summed E-state index contributed by atoms with van der Waals surface area (Å²) in [5.74, 6) is 1.87. The average molecular weight is 234 g/mol. The fraction of sp³-hybridized carbons (Fsp3) is 0.615. The Morgan fingerprint density at radius 3 is 2.18 bits per heavy atom. The number of aromatic nitrogens is 1. The van der Waals surface area contributed by atoms with Gasteiger partial charge < -0.3 is 5.32 Å². The van der Waals surface area contributed by atoms with Crippen molar-refractivity contribution in [2.45, 2.75) is 39.5 Å². The first-order valence-electron chi connectivity index (χ1n) is 6.36. The van der Waals surface area contributed by atoms with Crippen LogP contribution in [0.15, 0.2) is 17.1 Å². The van der Waals surface area contributed by atoms with Crippen molar-refractivity contribution in [2.75, 3.05) is 18.5 Å². The van der Waals surface area contributed by atoms with Crippen LogP contribution >= 0.6 is 0 Å². The lowest BCUT2D eigenvalue weighted by molar-refractivity contribution is 0.698. The van der Waals surface area contributed by atoms with Crippen molar-refractivity contribution in [1.29, 1.82) is 0 Å². The van der Waals surface area contributed by atoms with E-state index in [1.807, 2.05) is 0 Å². The van der Waals surface area contributed by atoms with Gasteiger partial charge in [-0.2, -0.15) is 0 Å². The summed E-state index contributed by atoms with van der Waals surface area (Å²) in [6, 6.07) is 4.39. The molecule has 0 saturated carbocycles. The topological polar surface area (TPSA) is 41.4 Å². The Bertz CT molecular complexity index is 390. The molecule has 2 rings (SSSR count). The lowest BCUT2D eigenvalue weighted by Crippen LogP contribution is -2.34. The highest BCUT2D eigenvalue weighted by atomic mass is 15.5. The van der Waals surface area contributed by atoms with E-state index >= 15 is 0 Å². The molecule has 0 saturated heterocycles. The Morgan fingerprint density at radius 2 is 1.76 bits per heavy atom. The Hall–Kier alpha value is -1.45. The molecule has 0 fully saturated rings. The molecule has 0 atom stereocenters. The van der Waals surface area contributed by atoms with Gasteiger partial charge in [-0.25, -0.2) is 0 Å². The highest BCUT2D eigenvalue weighted by Gasteiger charge is 2.15. The van der Waals surface area contributed by atoms with Crippen molar-refractivity contribution in [2.24, 2.45) is 4.99 Å². The van der Waals surface area contributed by atoms with E-state index in [0.717, 1.165) is 19.0 Å². The van der Waals surface area contributed by atoms with Crippen LogP contribution in [0.5, 0.6) is 0 Å². The maximum atomic E-state index is 4.39. The molecule has 1 aliphatic rings. The third-order valence-electron chi connectivity index (χ3n) is 3.02. The standard InChI is InChI=1S/C13H22N4/c1-9(2)11-5-6-12(10(3)4)17(11)16-13-14-7-8-15-13/h5-6,9-10H,7-8H2,1-4H3,(H2,14,15,16). The number of nitrogens with zero attached hydrogens (tertiary/aromatic N) is 2. The zero-order valence-corrected chi connectivity index (χ0v) is 11.1. The zero-order chi connectivity index (χ0) is 12.4. The third-order valence-corrected chi connectivity index (χ3v) is 3.02. The fourth-order valence-corrected chi connectivity index (χ4v) is 2.08. The van der Waals surface area contributed by atoms with Crippen molar-refractivity contribution in [3.05, 3.63) is 23.5 Å². The maximum absolute atomic E-state index is 4.39. The summed E-state index contributed by atoms with van der Waals surface area (Å²) in [6.07, 6.45) is 0. The predicted molar refractivity (Wildman–Crippen MR) is 72.3 cm³/mol. The highest BCUT2D eigenvalue weighted by molar-refractivity contribution is 5.88. The first-order valence-corrected chi connectivity index (χ1v) is 6.36. The average Bonchev–Trinajstić information content (AvgIpc) is 2.86. The number of aliphatic imine (C=N–C) groups is 1. The summed E-state index contributed by atoms with van der Waals surface area (Å²) >= 11 is 0. The van der Waals surface area contributed by atoms with Crippen LogP contribution in [0.4, 0.5) is 0 Å². The smallest absolute Gasteiger partial charge is 0.210 e. The summed E-state index contributed by atoms with van der Waals surface area (Å²) in [4.78, 5) is 4.39. The molecule has 17 heavy (non-hydrogen) atoms. The molecule has 0 spiro atoms. The largest absolute Gasteiger partial charge is 0.353 e. The number of rotatable bonds is 3. The molecule has 0 amide bonds. The van der Waals surface area contributed by atoms with Crippen LogP contribution in [0.3, 0.4) is 0 Å². The van der Waals surface area contributed by atoms with Crippen molar-refractivity contribution >= 4 is 5.96 Å². The van der Waals surface area contributed by atoms with E-state index in [1.165, 1.54) is 11.4 Å². The second-order valence-corrected chi connectivity index (χ2v) is 5.10. The Morgan fingerprint density at radius 1 is 1.18 bits per heavy atom. The van der Waals surface area contributed by atoms with Crippen LogP contribution in [-0.4, -0.2) is 23.7 Å². The van der Waals surface area contributed by atoms with Gasteiger partial charge in [0.25, 0.3) is 0 Å². The first-order chi connectivity index (χ1) is 8.09. The molecule has 4 nitrogen and oxygen atoms in total. The molecule has 0 bridgehead atoms. The molecule has 94 valence electrons. The Labute approximate surface area is 103 Å². The van der Waals surface area contributed by atoms with Crippen molar-refractivity contribution in [3.8, 4) is 0 Å². The van der Waals surface area contributed by atoms with Gasteiger partial charge in [-0.05, 0) is 24.0 Å². The first kappa shape index (κ1) is 12.0. The Kier molecular flexibility index (Phi) is 3.41. The minimum Gasteiger partial charge on any atom is -0.353 e. The van der Waals surface area contributed by atoms with E-state index in [9.17, 15) is 0 Å². The monoisotopic (exact) mass is 234 g/mol. The lowest BCUT2D eigenvalue weighted by Gasteiger charge is -2.19. The fourth-order valence-electron chi connectivity index (χ4n) is 2.08. The summed E-state index contributed by atoms with van der Waals surface area (Å²) < 4.78 is 2.17. The van der Waals surface area contributed by atoms with Gasteiger partial charge in [0, 0.05) is 17.9 Å². The summed E-state index contributed by atoms with van der Waals surface area (Å²) in [7, 11) is 0. The maximum Gasteiger partial charge on any atom is 0.210 e. The predicted octanol–water partition coefficient (Wildman–Crippen LogP) is 2.24. The summed E-state index contributed by atoms with van der Waals surface area (Å²) in [5, 5.41) is 3.25. The molecule has 0 aliphatic carbocycles. The van der Waals surface area contributed by atoms with Crippen LogP contribution in [0, 0.1) is 0 Å². The molecule has 4 heteroatoms. The van der Waals surface area contributed by atoms with Crippen LogP contribution in [0.1, 0.15) is 50.9 Å². The van der Waals surface area contributed by atoms with E-state index in [4.69, 9.17) is 0 Å². The molecule has 0 unspecified atom stereocenters.